The van der Waals surface area contributed by atoms with Crippen molar-refractivity contribution in [2.75, 3.05) is 4.90 Å². The average Bonchev–Trinajstić information content (AvgIpc) is 3.96. The van der Waals surface area contributed by atoms with Crippen LogP contribution in [0.25, 0.3) is 93.2 Å². The van der Waals surface area contributed by atoms with Crippen LogP contribution in [0, 0.1) is 0 Å². The molecule has 62 heavy (non-hydrogen) atoms. The molecule has 0 N–H and O–H groups in total. The van der Waals surface area contributed by atoms with Gasteiger partial charge < -0.3 is 13.9 Å². The van der Waals surface area contributed by atoms with Crippen LogP contribution in [-0.4, -0.2) is 4.57 Å². The van der Waals surface area contributed by atoms with Crippen LogP contribution in [0.15, 0.2) is 211 Å². The predicted octanol–water partition coefficient (Wildman–Crippen LogP) is 16.4. The van der Waals surface area contributed by atoms with Crippen molar-refractivity contribution in [3.05, 3.63) is 217 Å². The Morgan fingerprint density at radius 2 is 1.08 bits per heavy atom. The Morgan fingerprint density at radius 1 is 0.435 bits per heavy atom. The standard InChI is InChI=1S/C59H40N2O/c1-59(2)50-22-12-10-20-46(50)47-32-30-43(36-51(47)59)60(54-35-40-15-7-9-19-45(40)57-56-44-18-8-6-14-38(44)27-33-55(56)62-58(54)57)42-28-24-37(25-29-42)39-26-31-49-48-21-11-13-23-52(48)61(53(49)34-39)41-16-4-3-5-17-41/h3-36H,1-2H3. The number of fused-ring (bicyclic) bond motifs is 13. The summed E-state index contributed by atoms with van der Waals surface area (Å²) in [6, 6.07) is 75.3. The fraction of sp³-hybridized carbons (Fsp3) is 0.0508. The SMILES string of the molecule is CC1(C)c2ccccc2-c2ccc(N(c3ccc(-c4ccc5c6ccccc6n(-c6ccccc6)c5c4)cc3)c3cc4ccccc4c4c3oc3ccc5ccccc5c34)cc21. The molecular weight excluding hydrogens is 753 g/mol. The molecule has 0 saturated heterocycles. The molecule has 3 heteroatoms. The third-order valence-corrected chi connectivity index (χ3v) is 13.5. The molecule has 0 saturated carbocycles. The van der Waals surface area contributed by atoms with Crippen LogP contribution < -0.4 is 4.90 Å². The highest BCUT2D eigenvalue weighted by Crippen LogP contribution is 2.52. The van der Waals surface area contributed by atoms with Crippen molar-refractivity contribution in [3.8, 4) is 27.9 Å². The predicted molar refractivity (Wildman–Crippen MR) is 261 cm³/mol. The van der Waals surface area contributed by atoms with Crippen LogP contribution in [0.4, 0.5) is 17.1 Å². The zero-order valence-electron chi connectivity index (χ0n) is 34.4. The van der Waals surface area contributed by atoms with E-state index in [0.29, 0.717) is 0 Å². The third kappa shape index (κ3) is 5.00. The van der Waals surface area contributed by atoms with Crippen molar-refractivity contribution in [3.63, 3.8) is 0 Å². The molecule has 1 aliphatic carbocycles. The van der Waals surface area contributed by atoms with E-state index in [1.54, 1.807) is 0 Å². The highest BCUT2D eigenvalue weighted by molar-refractivity contribution is 6.29. The quantitative estimate of drug-likeness (QED) is 0.173. The summed E-state index contributed by atoms with van der Waals surface area (Å²) in [4.78, 5) is 2.42. The molecule has 0 atom stereocenters. The number of hydrogen-bond acceptors (Lipinski definition) is 2. The van der Waals surface area contributed by atoms with Gasteiger partial charge in [-0.3, -0.25) is 0 Å². The minimum atomic E-state index is -0.157. The molecule has 2 aromatic heterocycles. The second kappa shape index (κ2) is 13.1. The third-order valence-electron chi connectivity index (χ3n) is 13.5. The molecule has 2 heterocycles. The fourth-order valence-electron chi connectivity index (χ4n) is 10.6. The van der Waals surface area contributed by atoms with E-state index >= 15 is 0 Å². The molecule has 0 fully saturated rings. The number of nitrogens with zero attached hydrogens (tertiary/aromatic N) is 2. The number of para-hydroxylation sites is 2. The summed E-state index contributed by atoms with van der Waals surface area (Å²) >= 11 is 0. The summed E-state index contributed by atoms with van der Waals surface area (Å²) in [5, 5.41) is 9.55. The Labute approximate surface area is 359 Å². The molecule has 0 radical (unpaired) electrons. The Morgan fingerprint density at radius 3 is 1.92 bits per heavy atom. The maximum absolute atomic E-state index is 7.07. The van der Waals surface area contributed by atoms with E-state index in [1.807, 2.05) is 0 Å². The van der Waals surface area contributed by atoms with Gasteiger partial charge >= 0.3 is 0 Å². The van der Waals surface area contributed by atoms with Crippen molar-refractivity contribution >= 4 is 82.4 Å². The Hall–Kier alpha value is -7.88. The zero-order valence-corrected chi connectivity index (χ0v) is 34.4. The number of anilines is 3. The summed E-state index contributed by atoms with van der Waals surface area (Å²) in [7, 11) is 0. The number of benzene rings is 10. The lowest BCUT2D eigenvalue weighted by Crippen LogP contribution is -2.16. The fourth-order valence-corrected chi connectivity index (χ4v) is 10.6. The van der Waals surface area contributed by atoms with E-state index in [-0.39, 0.29) is 5.41 Å². The summed E-state index contributed by atoms with van der Waals surface area (Å²) in [6.45, 7) is 4.71. The first-order chi connectivity index (χ1) is 30.5. The Balaban J connectivity index is 1.03. The molecule has 0 spiro atoms. The van der Waals surface area contributed by atoms with Crippen molar-refractivity contribution in [1.29, 1.82) is 0 Å². The van der Waals surface area contributed by atoms with Gasteiger partial charge in [0.05, 0.1) is 16.7 Å². The van der Waals surface area contributed by atoms with Gasteiger partial charge in [-0.15, -0.1) is 0 Å². The van der Waals surface area contributed by atoms with E-state index in [0.717, 1.165) is 50.3 Å². The second-order valence-electron chi connectivity index (χ2n) is 17.3. The number of furan rings is 1. The highest BCUT2D eigenvalue weighted by atomic mass is 16.3. The average molecular weight is 793 g/mol. The van der Waals surface area contributed by atoms with Crippen LogP contribution in [0.5, 0.6) is 0 Å². The molecule has 0 amide bonds. The molecule has 12 aromatic rings. The van der Waals surface area contributed by atoms with Gasteiger partial charge in [0.25, 0.3) is 0 Å². The lowest BCUT2D eigenvalue weighted by atomic mass is 9.82. The lowest BCUT2D eigenvalue weighted by Gasteiger charge is -2.28. The maximum Gasteiger partial charge on any atom is 0.160 e. The summed E-state index contributed by atoms with van der Waals surface area (Å²) < 4.78 is 9.46. The molecule has 10 aromatic carbocycles. The molecule has 3 nitrogen and oxygen atoms in total. The second-order valence-corrected chi connectivity index (χ2v) is 17.3. The van der Waals surface area contributed by atoms with Crippen molar-refractivity contribution < 1.29 is 4.42 Å². The molecule has 0 bridgehead atoms. The van der Waals surface area contributed by atoms with Gasteiger partial charge in [-0.05, 0) is 116 Å². The van der Waals surface area contributed by atoms with Crippen molar-refractivity contribution in [1.82, 2.24) is 4.57 Å². The number of rotatable bonds is 5. The lowest BCUT2D eigenvalue weighted by molar-refractivity contribution is 0.660. The maximum atomic E-state index is 7.07. The van der Waals surface area contributed by atoms with Crippen LogP contribution in [-0.2, 0) is 5.41 Å². The monoisotopic (exact) mass is 792 g/mol. The number of hydrogen-bond donors (Lipinski definition) is 0. The van der Waals surface area contributed by atoms with Gasteiger partial charge in [-0.1, -0.05) is 159 Å². The first-order valence-corrected chi connectivity index (χ1v) is 21.5. The van der Waals surface area contributed by atoms with Crippen LogP contribution in [0.1, 0.15) is 25.0 Å². The minimum Gasteiger partial charge on any atom is -0.454 e. The smallest absolute Gasteiger partial charge is 0.160 e. The summed E-state index contributed by atoms with van der Waals surface area (Å²) in [6.07, 6.45) is 0. The van der Waals surface area contributed by atoms with Gasteiger partial charge in [-0.2, -0.15) is 0 Å². The molecule has 0 aliphatic heterocycles. The van der Waals surface area contributed by atoms with Crippen molar-refractivity contribution in [2.24, 2.45) is 0 Å². The summed E-state index contributed by atoms with van der Waals surface area (Å²) in [5.74, 6) is 0. The van der Waals surface area contributed by atoms with Gasteiger partial charge in [0.15, 0.2) is 5.58 Å². The topological polar surface area (TPSA) is 21.3 Å². The van der Waals surface area contributed by atoms with E-state index in [1.165, 1.54) is 71.2 Å². The van der Waals surface area contributed by atoms with E-state index in [2.05, 4.69) is 230 Å². The van der Waals surface area contributed by atoms with Gasteiger partial charge in [0, 0.05) is 44.0 Å². The van der Waals surface area contributed by atoms with Crippen LogP contribution in [0.2, 0.25) is 0 Å². The first kappa shape index (κ1) is 34.9. The van der Waals surface area contributed by atoms with Crippen LogP contribution in [0.3, 0.4) is 0 Å². The van der Waals surface area contributed by atoms with Gasteiger partial charge in [0.2, 0.25) is 0 Å². The van der Waals surface area contributed by atoms with Gasteiger partial charge in [0.1, 0.15) is 5.58 Å². The van der Waals surface area contributed by atoms with Crippen LogP contribution >= 0.6 is 0 Å². The van der Waals surface area contributed by atoms with E-state index in [4.69, 9.17) is 4.42 Å². The van der Waals surface area contributed by atoms with Crippen molar-refractivity contribution in [2.45, 2.75) is 19.3 Å². The van der Waals surface area contributed by atoms with E-state index in [9.17, 15) is 0 Å². The number of aromatic nitrogens is 1. The molecule has 0 unspecified atom stereocenters. The minimum absolute atomic E-state index is 0.157. The molecule has 1 aliphatic rings. The normalized spacial score (nSPS) is 13.1. The Bertz CT molecular complexity index is 3780. The van der Waals surface area contributed by atoms with E-state index < -0.39 is 0 Å². The molecule has 292 valence electrons. The molecular formula is C59H40N2O. The Kier molecular flexibility index (Phi) is 7.36. The highest BCUT2D eigenvalue weighted by Gasteiger charge is 2.36. The zero-order chi connectivity index (χ0) is 41.1. The first-order valence-electron chi connectivity index (χ1n) is 21.5. The molecule has 13 rings (SSSR count). The van der Waals surface area contributed by atoms with Gasteiger partial charge in [-0.25, -0.2) is 0 Å². The largest absolute Gasteiger partial charge is 0.454 e. The summed E-state index contributed by atoms with van der Waals surface area (Å²) in [5.41, 5.74) is 16.0.